The molecule has 1 fully saturated rings. The SMILES string of the molecule is CC(C)(C)[S+]([O-])N[C@@H]1c2cnccc2CC12CCN(C(=O)O)CC2. The van der Waals surface area contributed by atoms with E-state index < -0.39 is 17.5 Å². The van der Waals surface area contributed by atoms with Gasteiger partial charge in [0.1, 0.15) is 4.75 Å². The predicted molar refractivity (Wildman–Crippen MR) is 93.0 cm³/mol. The van der Waals surface area contributed by atoms with Crippen LogP contribution in [0.1, 0.15) is 50.8 Å². The zero-order chi connectivity index (χ0) is 17.5. The van der Waals surface area contributed by atoms with E-state index in [1.165, 1.54) is 10.5 Å². The van der Waals surface area contributed by atoms with Crippen LogP contribution >= 0.6 is 0 Å². The number of nitrogens with one attached hydrogen (secondary N) is 1. The minimum atomic E-state index is -1.19. The van der Waals surface area contributed by atoms with Crippen molar-refractivity contribution in [1.82, 2.24) is 14.6 Å². The highest BCUT2D eigenvalue weighted by molar-refractivity contribution is 7.90. The van der Waals surface area contributed by atoms with Gasteiger partial charge < -0.3 is 14.6 Å². The van der Waals surface area contributed by atoms with E-state index in [2.05, 4.69) is 9.71 Å². The van der Waals surface area contributed by atoms with Gasteiger partial charge in [-0.05, 0) is 57.2 Å². The van der Waals surface area contributed by atoms with E-state index in [-0.39, 0.29) is 16.2 Å². The molecule has 0 saturated carbocycles. The number of nitrogens with zero attached hydrogens (tertiary/aromatic N) is 2. The Balaban J connectivity index is 1.87. The van der Waals surface area contributed by atoms with Crippen LogP contribution in [0.5, 0.6) is 0 Å². The molecule has 6 nitrogen and oxygen atoms in total. The standard InChI is InChI=1S/C17H25N3O3S/c1-16(2,3)24(23)19-14-13-11-18-7-4-12(13)10-17(14)5-8-20(9-6-17)15(21)22/h4,7,11,14,19H,5-6,8-10H2,1-3H3,(H,21,22)/t14-,24?/m1/s1. The molecule has 1 aromatic rings. The van der Waals surface area contributed by atoms with Gasteiger partial charge in [0.15, 0.2) is 0 Å². The molecule has 2 heterocycles. The van der Waals surface area contributed by atoms with Gasteiger partial charge in [-0.15, -0.1) is 4.72 Å². The van der Waals surface area contributed by atoms with E-state index >= 15 is 0 Å². The second kappa shape index (κ2) is 6.20. The van der Waals surface area contributed by atoms with Crippen LogP contribution in [0, 0.1) is 5.41 Å². The fourth-order valence-corrected chi connectivity index (χ4v) is 4.69. The summed E-state index contributed by atoms with van der Waals surface area (Å²) in [5, 5.41) is 9.21. The normalized spacial score (nSPS) is 24.0. The molecular weight excluding hydrogens is 326 g/mol. The first-order valence-electron chi connectivity index (χ1n) is 8.32. The van der Waals surface area contributed by atoms with Crippen molar-refractivity contribution in [2.24, 2.45) is 5.41 Å². The van der Waals surface area contributed by atoms with Crippen LogP contribution in [0.4, 0.5) is 4.79 Å². The van der Waals surface area contributed by atoms with Crippen molar-refractivity contribution < 1.29 is 14.5 Å². The van der Waals surface area contributed by atoms with Gasteiger partial charge >= 0.3 is 6.09 Å². The Hall–Kier alpha value is -1.31. The molecule has 0 aromatic carbocycles. The van der Waals surface area contributed by atoms with Crippen molar-refractivity contribution in [3.8, 4) is 0 Å². The Morgan fingerprint density at radius 2 is 2.12 bits per heavy atom. The quantitative estimate of drug-likeness (QED) is 0.799. The lowest BCUT2D eigenvalue weighted by Gasteiger charge is -2.43. The number of piperidine rings is 1. The molecule has 0 bridgehead atoms. The van der Waals surface area contributed by atoms with Gasteiger partial charge in [0, 0.05) is 42.3 Å². The Morgan fingerprint density at radius 1 is 1.46 bits per heavy atom. The average Bonchev–Trinajstić information content (AvgIpc) is 2.80. The number of hydrogen-bond acceptors (Lipinski definition) is 4. The Kier molecular flexibility index (Phi) is 4.53. The molecule has 0 radical (unpaired) electrons. The van der Waals surface area contributed by atoms with Gasteiger partial charge in [-0.1, -0.05) is 0 Å². The summed E-state index contributed by atoms with van der Waals surface area (Å²) in [6, 6.07) is 1.99. The lowest BCUT2D eigenvalue weighted by atomic mass is 9.73. The highest BCUT2D eigenvalue weighted by atomic mass is 32.2. The summed E-state index contributed by atoms with van der Waals surface area (Å²) in [6.07, 6.45) is 5.23. The van der Waals surface area contributed by atoms with E-state index in [1.54, 1.807) is 6.20 Å². The van der Waals surface area contributed by atoms with Crippen LogP contribution in [0.15, 0.2) is 18.5 Å². The van der Waals surface area contributed by atoms with Gasteiger partial charge in [-0.25, -0.2) is 4.79 Å². The molecule has 2 aliphatic rings. The number of likely N-dealkylation sites (tertiary alicyclic amines) is 1. The summed E-state index contributed by atoms with van der Waals surface area (Å²) in [6.45, 7) is 6.91. The molecule has 24 heavy (non-hydrogen) atoms. The number of carbonyl (C=O) groups is 1. The Labute approximate surface area is 146 Å². The number of pyridine rings is 1. The molecule has 1 spiro atoms. The number of carboxylic acid groups (broad SMARTS) is 1. The largest absolute Gasteiger partial charge is 0.598 e. The molecule has 2 N–H and O–H groups in total. The first kappa shape index (κ1) is 17.5. The highest BCUT2D eigenvalue weighted by Gasteiger charge is 2.51. The fourth-order valence-electron chi connectivity index (χ4n) is 3.75. The monoisotopic (exact) mass is 351 g/mol. The van der Waals surface area contributed by atoms with E-state index in [9.17, 15) is 14.5 Å². The average molecular weight is 351 g/mol. The van der Waals surface area contributed by atoms with Gasteiger partial charge in [-0.2, -0.15) is 0 Å². The van der Waals surface area contributed by atoms with Gasteiger partial charge in [0.05, 0.1) is 6.04 Å². The molecule has 3 rings (SSSR count). The highest BCUT2D eigenvalue weighted by Crippen LogP contribution is 2.52. The first-order chi connectivity index (χ1) is 11.2. The second-order valence-corrected chi connectivity index (χ2v) is 9.81. The number of aromatic nitrogens is 1. The van der Waals surface area contributed by atoms with Crippen LogP contribution < -0.4 is 4.72 Å². The minimum Gasteiger partial charge on any atom is -0.598 e. The third kappa shape index (κ3) is 3.12. The van der Waals surface area contributed by atoms with Crippen LogP contribution in [0.25, 0.3) is 0 Å². The van der Waals surface area contributed by atoms with Gasteiger partial charge in [-0.3, -0.25) is 4.98 Å². The van der Waals surface area contributed by atoms with Crippen LogP contribution in [-0.4, -0.2) is 43.5 Å². The summed E-state index contributed by atoms with van der Waals surface area (Å²) in [5.41, 5.74) is 2.26. The molecule has 2 atom stereocenters. The Morgan fingerprint density at radius 3 is 2.71 bits per heavy atom. The summed E-state index contributed by atoms with van der Waals surface area (Å²) in [5.74, 6) is 0. The maximum Gasteiger partial charge on any atom is 0.407 e. The molecule has 1 saturated heterocycles. The van der Waals surface area contributed by atoms with E-state index in [4.69, 9.17) is 0 Å². The maximum absolute atomic E-state index is 12.7. The molecule has 1 unspecified atom stereocenters. The molecular formula is C17H25N3O3S. The van der Waals surface area contributed by atoms with E-state index in [0.29, 0.717) is 13.1 Å². The molecule has 1 amide bonds. The lowest BCUT2D eigenvalue weighted by molar-refractivity contribution is 0.0764. The number of rotatable bonds is 2. The van der Waals surface area contributed by atoms with Crippen LogP contribution in [0.3, 0.4) is 0 Å². The minimum absolute atomic E-state index is 0.0443. The van der Waals surface area contributed by atoms with E-state index in [1.807, 2.05) is 33.0 Å². The maximum atomic E-state index is 12.7. The summed E-state index contributed by atoms with van der Waals surface area (Å²) in [4.78, 5) is 16.9. The number of fused-ring (bicyclic) bond motifs is 1. The lowest BCUT2D eigenvalue weighted by Crippen LogP contribution is -2.50. The zero-order valence-corrected chi connectivity index (χ0v) is 15.2. The van der Waals surface area contributed by atoms with E-state index in [0.717, 1.165) is 24.8 Å². The molecule has 7 heteroatoms. The van der Waals surface area contributed by atoms with Crippen molar-refractivity contribution in [3.05, 3.63) is 29.6 Å². The zero-order valence-electron chi connectivity index (χ0n) is 14.4. The fraction of sp³-hybridized carbons (Fsp3) is 0.647. The second-order valence-electron chi connectivity index (χ2n) is 7.82. The topological polar surface area (TPSA) is 88.5 Å². The van der Waals surface area contributed by atoms with Crippen molar-refractivity contribution >= 4 is 17.5 Å². The smallest absolute Gasteiger partial charge is 0.407 e. The van der Waals surface area contributed by atoms with Crippen LogP contribution in [-0.2, 0) is 17.8 Å². The van der Waals surface area contributed by atoms with Gasteiger partial charge in [0.25, 0.3) is 0 Å². The third-order valence-corrected chi connectivity index (χ3v) is 6.79. The number of amides is 1. The first-order valence-corrected chi connectivity index (χ1v) is 9.47. The Bertz CT molecular complexity index is 624. The van der Waals surface area contributed by atoms with Crippen LogP contribution in [0.2, 0.25) is 0 Å². The van der Waals surface area contributed by atoms with Crippen molar-refractivity contribution in [3.63, 3.8) is 0 Å². The summed E-state index contributed by atoms with van der Waals surface area (Å²) < 4.78 is 15.7. The van der Waals surface area contributed by atoms with Gasteiger partial charge in [0.2, 0.25) is 0 Å². The summed E-state index contributed by atoms with van der Waals surface area (Å²) in [7, 11) is 0. The van der Waals surface area contributed by atoms with Crippen molar-refractivity contribution in [2.45, 2.75) is 50.8 Å². The third-order valence-electron chi connectivity index (χ3n) is 5.22. The predicted octanol–water partition coefficient (Wildman–Crippen LogP) is 2.49. The molecule has 1 aliphatic heterocycles. The summed E-state index contributed by atoms with van der Waals surface area (Å²) >= 11 is -1.19. The molecule has 132 valence electrons. The number of hydrogen-bond donors (Lipinski definition) is 2. The van der Waals surface area contributed by atoms with Crippen molar-refractivity contribution in [2.75, 3.05) is 13.1 Å². The molecule has 1 aromatic heterocycles. The molecule has 1 aliphatic carbocycles. The van der Waals surface area contributed by atoms with Crippen molar-refractivity contribution in [1.29, 1.82) is 0 Å².